The molecule has 0 aromatic heterocycles. The molecule has 1 saturated heterocycles. The van der Waals surface area contributed by atoms with Crippen molar-refractivity contribution >= 4 is 12.2 Å². The quantitative estimate of drug-likeness (QED) is 0.818. The number of amides is 2. The molecule has 1 fully saturated rings. The van der Waals surface area contributed by atoms with Crippen molar-refractivity contribution in [3.8, 4) is 0 Å². The topological polar surface area (TPSA) is 59.1 Å². The Labute approximate surface area is 149 Å². The molecule has 2 rings (SSSR count). The zero-order valence-corrected chi connectivity index (χ0v) is 15.5. The predicted molar refractivity (Wildman–Crippen MR) is 95.2 cm³/mol. The first-order chi connectivity index (χ1) is 11.8. The summed E-state index contributed by atoms with van der Waals surface area (Å²) in [5.41, 5.74) is 0.426. The van der Waals surface area contributed by atoms with Crippen molar-refractivity contribution in [3.63, 3.8) is 0 Å². The molecule has 0 aliphatic carbocycles. The number of hydrogen-bond acceptors (Lipinski definition) is 4. The van der Waals surface area contributed by atoms with Crippen LogP contribution in [0, 0.1) is 0 Å². The van der Waals surface area contributed by atoms with E-state index in [0.717, 1.165) is 5.56 Å². The highest BCUT2D eigenvalue weighted by Crippen LogP contribution is 2.16. The zero-order chi connectivity index (χ0) is 18.4. The number of rotatable bonds is 2. The fraction of sp³-hybridized carbons (Fsp3) is 0.579. The van der Waals surface area contributed by atoms with Crippen LogP contribution in [0.2, 0.25) is 0 Å². The van der Waals surface area contributed by atoms with Gasteiger partial charge in [-0.1, -0.05) is 30.3 Å². The van der Waals surface area contributed by atoms with Crippen LogP contribution in [0.1, 0.15) is 39.7 Å². The molecular weight excluding hydrogens is 320 g/mol. The third kappa shape index (κ3) is 5.96. The van der Waals surface area contributed by atoms with Crippen LogP contribution in [0.15, 0.2) is 30.3 Å². The van der Waals surface area contributed by atoms with E-state index >= 15 is 0 Å². The highest BCUT2D eigenvalue weighted by atomic mass is 16.6. The van der Waals surface area contributed by atoms with Crippen molar-refractivity contribution in [1.82, 2.24) is 9.80 Å². The maximum atomic E-state index is 12.4. The highest BCUT2D eigenvalue weighted by Gasteiger charge is 2.30. The van der Waals surface area contributed by atoms with Gasteiger partial charge in [0, 0.05) is 25.7 Å². The average Bonchev–Trinajstić information content (AvgIpc) is 2.74. The second-order valence-electron chi connectivity index (χ2n) is 7.36. The Hall–Kier alpha value is -2.24. The number of nitrogens with zero attached hydrogens (tertiary/aromatic N) is 2. The third-order valence-electron chi connectivity index (χ3n) is 3.94. The molecule has 1 atom stereocenters. The smallest absolute Gasteiger partial charge is 0.410 e. The summed E-state index contributed by atoms with van der Waals surface area (Å²) in [7, 11) is 0. The van der Waals surface area contributed by atoms with E-state index < -0.39 is 5.60 Å². The number of ether oxygens (including phenoxy) is 2. The van der Waals surface area contributed by atoms with Crippen LogP contribution < -0.4 is 0 Å². The third-order valence-corrected chi connectivity index (χ3v) is 3.94. The summed E-state index contributed by atoms with van der Waals surface area (Å²) >= 11 is 0. The number of benzene rings is 1. The van der Waals surface area contributed by atoms with E-state index in [0.29, 0.717) is 26.1 Å². The van der Waals surface area contributed by atoms with Gasteiger partial charge in [0.05, 0.1) is 0 Å². The van der Waals surface area contributed by atoms with Crippen LogP contribution in [-0.4, -0.2) is 53.3 Å². The second kappa shape index (κ2) is 8.23. The minimum atomic E-state index is -0.527. The van der Waals surface area contributed by atoms with Crippen molar-refractivity contribution in [2.24, 2.45) is 0 Å². The van der Waals surface area contributed by atoms with Crippen LogP contribution in [-0.2, 0) is 16.1 Å². The molecule has 1 aromatic carbocycles. The van der Waals surface area contributed by atoms with Crippen molar-refractivity contribution in [2.75, 3.05) is 19.6 Å². The largest absolute Gasteiger partial charge is 0.445 e. The average molecular weight is 348 g/mol. The Balaban J connectivity index is 1.90. The molecule has 6 nitrogen and oxygen atoms in total. The first-order valence-electron chi connectivity index (χ1n) is 8.71. The van der Waals surface area contributed by atoms with Crippen molar-refractivity contribution < 1.29 is 19.1 Å². The van der Waals surface area contributed by atoms with E-state index in [1.165, 1.54) is 0 Å². The SMILES string of the molecule is CC1CN(C(=O)OC(C)(C)C)CCCN1C(=O)OCc1ccccc1. The molecule has 0 radical (unpaired) electrons. The molecule has 138 valence electrons. The van der Waals surface area contributed by atoms with Gasteiger partial charge in [-0.15, -0.1) is 0 Å². The minimum absolute atomic E-state index is 0.127. The summed E-state index contributed by atoms with van der Waals surface area (Å²) in [4.78, 5) is 28.0. The van der Waals surface area contributed by atoms with Gasteiger partial charge in [-0.05, 0) is 39.7 Å². The fourth-order valence-electron chi connectivity index (χ4n) is 2.73. The van der Waals surface area contributed by atoms with Crippen LogP contribution in [0.3, 0.4) is 0 Å². The minimum Gasteiger partial charge on any atom is -0.445 e. The van der Waals surface area contributed by atoms with E-state index in [-0.39, 0.29) is 24.8 Å². The Morgan fingerprint density at radius 3 is 2.44 bits per heavy atom. The lowest BCUT2D eigenvalue weighted by Gasteiger charge is -2.30. The van der Waals surface area contributed by atoms with Crippen molar-refractivity contribution in [2.45, 2.75) is 52.4 Å². The summed E-state index contributed by atoms with van der Waals surface area (Å²) in [6.45, 7) is 9.29. The Morgan fingerprint density at radius 2 is 1.80 bits per heavy atom. The fourth-order valence-corrected chi connectivity index (χ4v) is 2.73. The number of hydrogen-bond donors (Lipinski definition) is 0. The lowest BCUT2D eigenvalue weighted by molar-refractivity contribution is 0.0229. The maximum absolute atomic E-state index is 12.4. The molecule has 0 N–H and O–H groups in total. The van der Waals surface area contributed by atoms with Crippen molar-refractivity contribution in [3.05, 3.63) is 35.9 Å². The van der Waals surface area contributed by atoms with Gasteiger partial charge in [-0.25, -0.2) is 9.59 Å². The normalized spacial score (nSPS) is 18.5. The van der Waals surface area contributed by atoms with Gasteiger partial charge < -0.3 is 19.3 Å². The molecule has 1 aliphatic heterocycles. The summed E-state index contributed by atoms with van der Waals surface area (Å²) < 4.78 is 10.9. The first kappa shape index (κ1) is 19.1. The first-order valence-corrected chi connectivity index (χ1v) is 8.71. The summed E-state index contributed by atoms with van der Waals surface area (Å²) in [5, 5.41) is 0. The van der Waals surface area contributed by atoms with Crippen LogP contribution in [0.5, 0.6) is 0 Å². The highest BCUT2D eigenvalue weighted by molar-refractivity contribution is 5.70. The molecule has 1 heterocycles. The molecule has 25 heavy (non-hydrogen) atoms. The molecule has 1 unspecified atom stereocenters. The van der Waals surface area contributed by atoms with Gasteiger partial charge in [0.25, 0.3) is 0 Å². The molecule has 1 aromatic rings. The van der Waals surface area contributed by atoms with Gasteiger partial charge in [-0.2, -0.15) is 0 Å². The van der Waals surface area contributed by atoms with Gasteiger partial charge >= 0.3 is 12.2 Å². The van der Waals surface area contributed by atoms with Crippen molar-refractivity contribution in [1.29, 1.82) is 0 Å². The van der Waals surface area contributed by atoms with Crippen LogP contribution in [0.4, 0.5) is 9.59 Å². The summed E-state index contributed by atoms with van der Waals surface area (Å²) in [5.74, 6) is 0. The molecular formula is C19H28N2O4. The van der Waals surface area contributed by atoms with E-state index in [1.54, 1.807) is 9.80 Å². The lowest BCUT2D eigenvalue weighted by Crippen LogP contribution is -2.45. The standard InChI is InChI=1S/C19H28N2O4/c1-15-13-20(17(22)25-19(2,3)4)11-8-12-21(15)18(23)24-14-16-9-6-5-7-10-16/h5-7,9-10,15H,8,11-14H2,1-4H3. The van der Waals surface area contributed by atoms with Crippen LogP contribution >= 0.6 is 0 Å². The molecule has 6 heteroatoms. The zero-order valence-electron chi connectivity index (χ0n) is 15.5. The number of carbonyl (C=O) groups excluding carboxylic acids is 2. The van der Waals surface area contributed by atoms with Gasteiger partial charge in [0.1, 0.15) is 12.2 Å². The Kier molecular flexibility index (Phi) is 6.28. The molecule has 1 aliphatic rings. The number of carbonyl (C=O) groups is 2. The van der Waals surface area contributed by atoms with E-state index in [4.69, 9.17) is 9.47 Å². The Morgan fingerprint density at radius 1 is 1.12 bits per heavy atom. The molecule has 0 saturated carbocycles. The Bertz CT molecular complexity index is 583. The summed E-state index contributed by atoms with van der Waals surface area (Å²) in [6, 6.07) is 9.46. The molecule has 0 bridgehead atoms. The van der Waals surface area contributed by atoms with Gasteiger partial charge in [-0.3, -0.25) is 0 Å². The van der Waals surface area contributed by atoms with E-state index in [2.05, 4.69) is 0 Å². The maximum Gasteiger partial charge on any atom is 0.410 e. The monoisotopic (exact) mass is 348 g/mol. The second-order valence-corrected chi connectivity index (χ2v) is 7.36. The molecule has 0 spiro atoms. The molecule has 2 amide bonds. The van der Waals surface area contributed by atoms with Gasteiger partial charge in [0.15, 0.2) is 0 Å². The van der Waals surface area contributed by atoms with Crippen LogP contribution in [0.25, 0.3) is 0 Å². The lowest BCUT2D eigenvalue weighted by atomic mass is 10.2. The summed E-state index contributed by atoms with van der Waals surface area (Å²) in [6.07, 6.45) is 0.0190. The van der Waals surface area contributed by atoms with E-state index in [1.807, 2.05) is 58.0 Å². The van der Waals surface area contributed by atoms with Gasteiger partial charge in [0.2, 0.25) is 0 Å². The predicted octanol–water partition coefficient (Wildman–Crippen LogP) is 3.65. The van der Waals surface area contributed by atoms with E-state index in [9.17, 15) is 9.59 Å².